The molecule has 1 aromatic carbocycles. The Labute approximate surface area is 191 Å². The number of likely N-dealkylation sites (tertiary alicyclic amines) is 1. The number of carbonyl (C=O) groups excluding carboxylic acids is 1. The normalized spacial score (nSPS) is 27.4. The molecule has 0 radical (unpaired) electrons. The van der Waals surface area contributed by atoms with Crippen molar-refractivity contribution in [3.63, 3.8) is 0 Å². The molecular formula is C24H37ClN2O2S. The lowest BCUT2D eigenvalue weighted by atomic mass is 9.80. The van der Waals surface area contributed by atoms with Crippen molar-refractivity contribution >= 4 is 29.3 Å². The number of nitrogens with one attached hydrogen (secondary N) is 1. The highest BCUT2D eigenvalue weighted by Gasteiger charge is 2.35. The Hall–Kier alpha value is -0.750. The Kier molecular flexibility index (Phi) is 9.36. The highest BCUT2D eigenvalue weighted by Crippen LogP contribution is 2.32. The van der Waals surface area contributed by atoms with Crippen molar-refractivity contribution in [1.82, 2.24) is 10.2 Å². The van der Waals surface area contributed by atoms with E-state index >= 15 is 0 Å². The molecule has 1 heterocycles. The summed E-state index contributed by atoms with van der Waals surface area (Å²) >= 11 is 7.80. The van der Waals surface area contributed by atoms with Gasteiger partial charge >= 0.3 is 0 Å². The number of carbonyl (C=O) groups is 1. The largest absolute Gasteiger partial charge is 0.376 e. The van der Waals surface area contributed by atoms with Crippen molar-refractivity contribution in [1.29, 1.82) is 0 Å². The van der Waals surface area contributed by atoms with Gasteiger partial charge in [-0.15, -0.1) is 11.8 Å². The zero-order chi connectivity index (χ0) is 21.5. The first-order chi connectivity index (χ1) is 14.5. The Bertz CT molecular complexity index is 662. The van der Waals surface area contributed by atoms with Gasteiger partial charge in [-0.1, -0.05) is 25.4 Å². The standard InChI is InChI=1S/C24H37ClN2O2S/c1-17(2)18-8-12-21(13-9-18)29-15-23-22(26-16-30-3)5-4-14-27(23)24(28)19-6-10-20(25)11-7-19/h6-7,10-11,17-18,21-23,26H,4-5,8-9,12-16H2,1-3H3/t18?,21?,22-,23-/m0/s1. The lowest BCUT2D eigenvalue weighted by Crippen LogP contribution is -2.58. The molecule has 3 rings (SSSR count). The van der Waals surface area contributed by atoms with Crippen LogP contribution in [0.4, 0.5) is 0 Å². The number of nitrogens with zero attached hydrogens (tertiary/aromatic N) is 1. The topological polar surface area (TPSA) is 41.6 Å². The molecule has 1 saturated heterocycles. The fourth-order valence-corrected chi connectivity index (χ4v) is 5.37. The van der Waals surface area contributed by atoms with E-state index in [1.54, 1.807) is 23.9 Å². The van der Waals surface area contributed by atoms with Gasteiger partial charge in [-0.05, 0) is 80.9 Å². The van der Waals surface area contributed by atoms with E-state index in [2.05, 4.69) is 25.4 Å². The monoisotopic (exact) mass is 452 g/mol. The molecule has 1 amide bonds. The summed E-state index contributed by atoms with van der Waals surface area (Å²) in [6.45, 7) is 6.06. The summed E-state index contributed by atoms with van der Waals surface area (Å²) in [5, 5.41) is 4.30. The Morgan fingerprint density at radius 2 is 1.90 bits per heavy atom. The third-order valence-corrected chi connectivity index (χ3v) is 7.49. The minimum absolute atomic E-state index is 0.0666. The first-order valence-electron chi connectivity index (χ1n) is 11.4. The van der Waals surface area contributed by atoms with Crippen molar-refractivity contribution in [2.75, 3.05) is 25.3 Å². The van der Waals surface area contributed by atoms with Gasteiger partial charge < -0.3 is 15.0 Å². The average Bonchev–Trinajstić information content (AvgIpc) is 2.76. The van der Waals surface area contributed by atoms with Gasteiger partial charge in [0.2, 0.25) is 0 Å². The number of thioether (sulfide) groups is 1. The van der Waals surface area contributed by atoms with Crippen LogP contribution in [0.1, 0.15) is 62.7 Å². The lowest BCUT2D eigenvalue weighted by Gasteiger charge is -2.42. The molecule has 2 aliphatic rings. The van der Waals surface area contributed by atoms with Gasteiger partial charge in [0.15, 0.2) is 0 Å². The van der Waals surface area contributed by atoms with Crippen LogP contribution in [-0.4, -0.2) is 54.3 Å². The number of ether oxygens (including phenoxy) is 1. The maximum absolute atomic E-state index is 13.3. The molecule has 1 saturated carbocycles. The number of piperidine rings is 1. The quantitative estimate of drug-likeness (QED) is 0.532. The minimum atomic E-state index is 0.0666. The van der Waals surface area contributed by atoms with E-state index in [9.17, 15) is 4.79 Å². The second-order valence-corrected chi connectivity index (χ2v) is 10.4. The van der Waals surface area contributed by atoms with Gasteiger partial charge in [-0.2, -0.15) is 0 Å². The molecule has 4 nitrogen and oxygen atoms in total. The van der Waals surface area contributed by atoms with Crippen LogP contribution in [0.5, 0.6) is 0 Å². The van der Waals surface area contributed by atoms with Crippen molar-refractivity contribution in [3.05, 3.63) is 34.9 Å². The predicted octanol–water partition coefficient (Wildman–Crippen LogP) is 5.45. The van der Waals surface area contributed by atoms with Crippen LogP contribution in [0.2, 0.25) is 5.02 Å². The first-order valence-corrected chi connectivity index (χ1v) is 13.2. The summed E-state index contributed by atoms with van der Waals surface area (Å²) in [7, 11) is 0. The zero-order valence-electron chi connectivity index (χ0n) is 18.6. The maximum Gasteiger partial charge on any atom is 0.254 e. The second-order valence-electron chi connectivity index (χ2n) is 9.07. The van der Waals surface area contributed by atoms with Crippen LogP contribution in [0.3, 0.4) is 0 Å². The van der Waals surface area contributed by atoms with Crippen LogP contribution < -0.4 is 5.32 Å². The highest BCUT2D eigenvalue weighted by molar-refractivity contribution is 7.98. The molecule has 30 heavy (non-hydrogen) atoms. The first kappa shape index (κ1) is 23.9. The molecule has 0 spiro atoms. The molecule has 1 aliphatic carbocycles. The van der Waals surface area contributed by atoms with Gasteiger partial charge in [0.05, 0.1) is 18.8 Å². The zero-order valence-corrected chi connectivity index (χ0v) is 20.2. The van der Waals surface area contributed by atoms with Gasteiger partial charge in [-0.25, -0.2) is 0 Å². The third-order valence-electron chi connectivity index (χ3n) is 6.79. The Morgan fingerprint density at radius 1 is 1.20 bits per heavy atom. The van der Waals surface area contributed by atoms with E-state index in [0.29, 0.717) is 23.3 Å². The van der Waals surface area contributed by atoms with Crippen LogP contribution >= 0.6 is 23.4 Å². The number of halogens is 1. The van der Waals surface area contributed by atoms with Crippen LogP contribution in [0.15, 0.2) is 24.3 Å². The van der Waals surface area contributed by atoms with Gasteiger partial charge in [0.25, 0.3) is 5.91 Å². The molecular weight excluding hydrogens is 416 g/mol. The van der Waals surface area contributed by atoms with E-state index < -0.39 is 0 Å². The van der Waals surface area contributed by atoms with E-state index in [0.717, 1.165) is 49.9 Å². The fourth-order valence-electron chi connectivity index (χ4n) is 4.86. The van der Waals surface area contributed by atoms with E-state index in [4.69, 9.17) is 16.3 Å². The van der Waals surface area contributed by atoms with Crippen molar-refractivity contribution in [2.45, 2.75) is 70.6 Å². The summed E-state index contributed by atoms with van der Waals surface area (Å²) in [5.74, 6) is 2.57. The predicted molar refractivity (Wildman–Crippen MR) is 127 cm³/mol. The molecule has 168 valence electrons. The van der Waals surface area contributed by atoms with Crippen LogP contribution in [-0.2, 0) is 4.74 Å². The molecule has 0 bridgehead atoms. The van der Waals surface area contributed by atoms with Crippen molar-refractivity contribution in [3.8, 4) is 0 Å². The molecule has 1 N–H and O–H groups in total. The smallest absolute Gasteiger partial charge is 0.254 e. The molecule has 2 atom stereocenters. The maximum atomic E-state index is 13.3. The molecule has 6 heteroatoms. The highest BCUT2D eigenvalue weighted by atomic mass is 35.5. The Balaban J connectivity index is 1.66. The van der Waals surface area contributed by atoms with E-state index in [1.807, 2.05) is 17.0 Å². The summed E-state index contributed by atoms with van der Waals surface area (Å²) in [6, 6.07) is 7.58. The second kappa shape index (κ2) is 11.8. The third kappa shape index (κ3) is 6.38. The van der Waals surface area contributed by atoms with Crippen LogP contribution in [0.25, 0.3) is 0 Å². The summed E-state index contributed by atoms with van der Waals surface area (Å²) < 4.78 is 6.43. The molecule has 1 aliphatic heterocycles. The SMILES string of the molecule is CSCN[C@H]1CCCN(C(=O)c2ccc(Cl)cc2)[C@H]1COC1CCC(C(C)C)CC1. The summed E-state index contributed by atoms with van der Waals surface area (Å²) in [5.41, 5.74) is 0.701. The van der Waals surface area contributed by atoms with Crippen molar-refractivity contribution < 1.29 is 9.53 Å². The van der Waals surface area contributed by atoms with E-state index in [1.165, 1.54) is 12.8 Å². The summed E-state index contributed by atoms with van der Waals surface area (Å²) in [4.78, 5) is 15.3. The summed E-state index contributed by atoms with van der Waals surface area (Å²) in [6.07, 6.45) is 9.33. The fraction of sp³-hybridized carbons (Fsp3) is 0.708. The molecule has 0 unspecified atom stereocenters. The molecule has 1 aromatic rings. The Morgan fingerprint density at radius 3 is 2.53 bits per heavy atom. The van der Waals surface area contributed by atoms with E-state index in [-0.39, 0.29) is 18.0 Å². The van der Waals surface area contributed by atoms with Gasteiger partial charge in [0, 0.05) is 29.0 Å². The van der Waals surface area contributed by atoms with Gasteiger partial charge in [-0.3, -0.25) is 4.79 Å². The van der Waals surface area contributed by atoms with Crippen molar-refractivity contribution in [2.24, 2.45) is 11.8 Å². The molecule has 2 fully saturated rings. The number of hydrogen-bond acceptors (Lipinski definition) is 4. The molecule has 0 aromatic heterocycles. The number of amides is 1. The lowest BCUT2D eigenvalue weighted by molar-refractivity contribution is -0.0297. The van der Waals surface area contributed by atoms with Gasteiger partial charge in [0.1, 0.15) is 0 Å². The number of rotatable bonds is 8. The number of hydrogen-bond donors (Lipinski definition) is 1. The minimum Gasteiger partial charge on any atom is -0.376 e. The van der Waals surface area contributed by atoms with Crippen LogP contribution in [0, 0.1) is 11.8 Å². The number of benzene rings is 1. The average molecular weight is 453 g/mol.